The van der Waals surface area contributed by atoms with Crippen LogP contribution < -0.4 is 10.6 Å². The van der Waals surface area contributed by atoms with E-state index >= 15 is 0 Å². The molecular weight excluding hydrogens is 228 g/mol. The Morgan fingerprint density at radius 3 is 2.28 bits per heavy atom. The van der Waals surface area contributed by atoms with Gasteiger partial charge in [-0.25, -0.2) is 0 Å². The molecule has 0 aliphatic carbocycles. The zero-order chi connectivity index (χ0) is 13.8. The first-order valence-electron chi connectivity index (χ1n) is 7.30. The van der Waals surface area contributed by atoms with E-state index in [0.717, 1.165) is 45.1 Å². The molecule has 108 valence electrons. The minimum Gasteiger partial charge on any atom is -0.396 e. The second-order valence-electron chi connectivity index (χ2n) is 4.84. The maximum absolute atomic E-state index is 11.8. The molecule has 0 aromatic carbocycles. The van der Waals surface area contributed by atoms with E-state index in [4.69, 9.17) is 5.11 Å². The summed E-state index contributed by atoms with van der Waals surface area (Å²) in [5.74, 6) is 0.0964. The summed E-state index contributed by atoms with van der Waals surface area (Å²) in [6, 6.07) is 0.176. The van der Waals surface area contributed by atoms with Crippen LogP contribution in [0.15, 0.2) is 0 Å². The van der Waals surface area contributed by atoms with Gasteiger partial charge in [0, 0.05) is 12.6 Å². The molecule has 0 aromatic heterocycles. The molecule has 0 bridgehead atoms. The first-order valence-corrected chi connectivity index (χ1v) is 7.30. The number of aliphatic hydroxyl groups is 1. The highest BCUT2D eigenvalue weighted by molar-refractivity contribution is 5.81. The molecule has 0 saturated heterocycles. The van der Waals surface area contributed by atoms with Gasteiger partial charge in [-0.2, -0.15) is 0 Å². The summed E-state index contributed by atoms with van der Waals surface area (Å²) in [4.78, 5) is 11.8. The Hall–Kier alpha value is -0.610. The van der Waals surface area contributed by atoms with Gasteiger partial charge in [0.25, 0.3) is 0 Å². The standard InChI is InChI=1S/C14H30N2O2/c1-4-13(5-2)16-14(18)12(3)15-10-8-6-7-9-11-17/h12-13,15,17H,4-11H2,1-3H3,(H,16,18). The maximum atomic E-state index is 11.8. The van der Waals surface area contributed by atoms with E-state index in [9.17, 15) is 4.79 Å². The third-order valence-corrected chi connectivity index (χ3v) is 3.26. The van der Waals surface area contributed by atoms with Crippen LogP contribution in [0, 0.1) is 0 Å². The Balaban J connectivity index is 3.61. The zero-order valence-electron chi connectivity index (χ0n) is 12.2. The fraction of sp³-hybridized carbons (Fsp3) is 0.929. The van der Waals surface area contributed by atoms with Gasteiger partial charge in [0.15, 0.2) is 0 Å². The van der Waals surface area contributed by atoms with Gasteiger partial charge in [0.1, 0.15) is 0 Å². The van der Waals surface area contributed by atoms with Crippen molar-refractivity contribution in [3.05, 3.63) is 0 Å². The van der Waals surface area contributed by atoms with Crippen molar-refractivity contribution in [3.63, 3.8) is 0 Å². The summed E-state index contributed by atoms with van der Waals surface area (Å²) in [6.07, 6.45) is 6.07. The van der Waals surface area contributed by atoms with E-state index in [2.05, 4.69) is 24.5 Å². The van der Waals surface area contributed by atoms with Crippen LogP contribution in [-0.4, -0.2) is 36.2 Å². The van der Waals surface area contributed by atoms with Gasteiger partial charge in [-0.1, -0.05) is 26.7 Å². The summed E-state index contributed by atoms with van der Waals surface area (Å²) < 4.78 is 0. The van der Waals surface area contributed by atoms with Crippen molar-refractivity contribution in [2.75, 3.05) is 13.2 Å². The number of rotatable bonds is 11. The van der Waals surface area contributed by atoms with Gasteiger partial charge >= 0.3 is 0 Å². The first kappa shape index (κ1) is 17.4. The second kappa shape index (κ2) is 11.5. The summed E-state index contributed by atoms with van der Waals surface area (Å²) in [6.45, 7) is 7.23. The van der Waals surface area contributed by atoms with E-state index in [1.165, 1.54) is 0 Å². The van der Waals surface area contributed by atoms with Crippen molar-refractivity contribution < 1.29 is 9.90 Å². The number of carbonyl (C=O) groups excluding carboxylic acids is 1. The molecule has 0 aliphatic rings. The molecule has 0 saturated carbocycles. The molecule has 0 aromatic rings. The number of aliphatic hydroxyl groups excluding tert-OH is 1. The lowest BCUT2D eigenvalue weighted by molar-refractivity contribution is -0.123. The predicted octanol–water partition coefficient (Wildman–Crippen LogP) is 1.82. The van der Waals surface area contributed by atoms with Crippen molar-refractivity contribution >= 4 is 5.91 Å². The molecule has 3 N–H and O–H groups in total. The average Bonchev–Trinajstić information content (AvgIpc) is 2.39. The third-order valence-electron chi connectivity index (χ3n) is 3.26. The Labute approximate surface area is 112 Å². The number of unbranched alkanes of at least 4 members (excludes halogenated alkanes) is 3. The lowest BCUT2D eigenvalue weighted by Crippen LogP contribution is -2.46. The highest BCUT2D eigenvalue weighted by atomic mass is 16.2. The van der Waals surface area contributed by atoms with Crippen LogP contribution in [0.3, 0.4) is 0 Å². The molecule has 0 rings (SSSR count). The largest absolute Gasteiger partial charge is 0.396 e. The summed E-state index contributed by atoms with van der Waals surface area (Å²) in [5, 5.41) is 14.9. The summed E-state index contributed by atoms with van der Waals surface area (Å²) in [7, 11) is 0. The summed E-state index contributed by atoms with van der Waals surface area (Å²) in [5.41, 5.74) is 0. The highest BCUT2D eigenvalue weighted by Gasteiger charge is 2.14. The second-order valence-corrected chi connectivity index (χ2v) is 4.84. The SMILES string of the molecule is CCC(CC)NC(=O)C(C)NCCCCCCO. The van der Waals surface area contributed by atoms with Gasteiger partial charge in [-0.05, 0) is 39.2 Å². The summed E-state index contributed by atoms with van der Waals surface area (Å²) >= 11 is 0. The van der Waals surface area contributed by atoms with Gasteiger partial charge in [-0.15, -0.1) is 0 Å². The number of hydrogen-bond donors (Lipinski definition) is 3. The van der Waals surface area contributed by atoms with E-state index in [0.29, 0.717) is 6.04 Å². The van der Waals surface area contributed by atoms with Crippen molar-refractivity contribution in [1.82, 2.24) is 10.6 Å². The van der Waals surface area contributed by atoms with Crippen LogP contribution in [0.4, 0.5) is 0 Å². The van der Waals surface area contributed by atoms with E-state index in [1.54, 1.807) is 0 Å². The predicted molar refractivity (Wildman–Crippen MR) is 75.5 cm³/mol. The lowest BCUT2D eigenvalue weighted by Gasteiger charge is -2.19. The molecule has 4 nitrogen and oxygen atoms in total. The smallest absolute Gasteiger partial charge is 0.237 e. The van der Waals surface area contributed by atoms with Crippen LogP contribution >= 0.6 is 0 Å². The van der Waals surface area contributed by atoms with Crippen LogP contribution in [-0.2, 0) is 4.79 Å². The number of hydrogen-bond acceptors (Lipinski definition) is 3. The van der Waals surface area contributed by atoms with Gasteiger partial charge < -0.3 is 15.7 Å². The Kier molecular flexibility index (Phi) is 11.1. The van der Waals surface area contributed by atoms with Gasteiger partial charge in [0.05, 0.1) is 6.04 Å². The molecule has 1 amide bonds. The molecule has 1 atom stereocenters. The number of amides is 1. The van der Waals surface area contributed by atoms with Crippen LogP contribution in [0.5, 0.6) is 0 Å². The number of nitrogens with one attached hydrogen (secondary N) is 2. The lowest BCUT2D eigenvalue weighted by atomic mass is 10.1. The molecule has 0 spiro atoms. The fourth-order valence-electron chi connectivity index (χ4n) is 1.82. The molecule has 18 heavy (non-hydrogen) atoms. The molecular formula is C14H30N2O2. The van der Waals surface area contributed by atoms with Crippen molar-refractivity contribution in [1.29, 1.82) is 0 Å². The van der Waals surface area contributed by atoms with E-state index < -0.39 is 0 Å². The average molecular weight is 258 g/mol. The minimum absolute atomic E-state index is 0.0964. The van der Waals surface area contributed by atoms with Crippen LogP contribution in [0.1, 0.15) is 59.3 Å². The molecule has 0 fully saturated rings. The number of carbonyl (C=O) groups is 1. The van der Waals surface area contributed by atoms with E-state index in [-0.39, 0.29) is 18.6 Å². The third kappa shape index (κ3) is 8.48. The molecule has 1 unspecified atom stereocenters. The van der Waals surface area contributed by atoms with Crippen LogP contribution in [0.2, 0.25) is 0 Å². The van der Waals surface area contributed by atoms with E-state index in [1.807, 2.05) is 6.92 Å². The molecule has 4 heteroatoms. The van der Waals surface area contributed by atoms with Crippen molar-refractivity contribution in [3.8, 4) is 0 Å². The monoisotopic (exact) mass is 258 g/mol. The molecule has 0 heterocycles. The zero-order valence-corrected chi connectivity index (χ0v) is 12.2. The normalized spacial score (nSPS) is 12.7. The quantitative estimate of drug-likeness (QED) is 0.495. The topological polar surface area (TPSA) is 61.4 Å². The van der Waals surface area contributed by atoms with Crippen LogP contribution in [0.25, 0.3) is 0 Å². The first-order chi connectivity index (χ1) is 8.65. The minimum atomic E-state index is -0.122. The highest BCUT2D eigenvalue weighted by Crippen LogP contribution is 1.99. The van der Waals surface area contributed by atoms with Crippen molar-refractivity contribution in [2.45, 2.75) is 71.4 Å². The molecule has 0 aliphatic heterocycles. The van der Waals surface area contributed by atoms with Crippen molar-refractivity contribution in [2.24, 2.45) is 0 Å². The van der Waals surface area contributed by atoms with Gasteiger partial charge in [-0.3, -0.25) is 4.79 Å². The Morgan fingerprint density at radius 1 is 1.11 bits per heavy atom. The fourth-order valence-corrected chi connectivity index (χ4v) is 1.82. The maximum Gasteiger partial charge on any atom is 0.237 e. The Bertz CT molecular complexity index is 206. The van der Waals surface area contributed by atoms with Gasteiger partial charge in [0.2, 0.25) is 5.91 Å². The Morgan fingerprint density at radius 2 is 1.72 bits per heavy atom. The molecule has 0 radical (unpaired) electrons.